The summed E-state index contributed by atoms with van der Waals surface area (Å²) in [5, 5.41) is 14.8. The molecule has 2 amide bonds. The first-order chi connectivity index (χ1) is 9.90. The van der Waals surface area contributed by atoms with Crippen LogP contribution in [0.2, 0.25) is 0 Å². The first kappa shape index (κ1) is 17.2. The molecule has 0 aliphatic heterocycles. The molecule has 3 N–H and O–H groups in total. The molecule has 0 aliphatic carbocycles. The van der Waals surface area contributed by atoms with Crippen LogP contribution in [0.15, 0.2) is 18.2 Å². The van der Waals surface area contributed by atoms with Gasteiger partial charge in [-0.3, -0.25) is 0 Å². The number of nitrogens with one attached hydrogen (secondary N) is 2. The van der Waals surface area contributed by atoms with Gasteiger partial charge in [-0.05, 0) is 31.9 Å². The van der Waals surface area contributed by atoms with Crippen molar-refractivity contribution in [3.63, 3.8) is 0 Å². The SMILES string of the molecule is CCC(C)(CCO)NC(=O)NCc1cccc(N(C)C)n1. The number of hydrogen-bond acceptors (Lipinski definition) is 4. The van der Waals surface area contributed by atoms with Gasteiger partial charge in [-0.1, -0.05) is 13.0 Å². The van der Waals surface area contributed by atoms with E-state index in [-0.39, 0.29) is 12.6 Å². The Balaban J connectivity index is 2.55. The highest BCUT2D eigenvalue weighted by Crippen LogP contribution is 2.13. The van der Waals surface area contributed by atoms with E-state index < -0.39 is 5.54 Å². The Morgan fingerprint density at radius 3 is 2.71 bits per heavy atom. The maximum absolute atomic E-state index is 11.9. The average Bonchev–Trinajstić information content (AvgIpc) is 2.45. The molecule has 0 aromatic carbocycles. The largest absolute Gasteiger partial charge is 0.396 e. The van der Waals surface area contributed by atoms with Gasteiger partial charge in [0.05, 0.1) is 12.2 Å². The van der Waals surface area contributed by atoms with Crippen molar-refractivity contribution in [3.8, 4) is 0 Å². The molecule has 21 heavy (non-hydrogen) atoms. The minimum Gasteiger partial charge on any atom is -0.396 e. The van der Waals surface area contributed by atoms with Crippen molar-refractivity contribution < 1.29 is 9.90 Å². The molecule has 1 unspecified atom stereocenters. The Labute approximate surface area is 126 Å². The van der Waals surface area contributed by atoms with Crippen molar-refractivity contribution in [1.82, 2.24) is 15.6 Å². The summed E-state index contributed by atoms with van der Waals surface area (Å²) in [6.45, 7) is 4.33. The van der Waals surface area contributed by atoms with Crippen LogP contribution >= 0.6 is 0 Å². The lowest BCUT2D eigenvalue weighted by molar-refractivity contribution is 0.200. The van der Waals surface area contributed by atoms with Gasteiger partial charge in [-0.25, -0.2) is 9.78 Å². The summed E-state index contributed by atoms with van der Waals surface area (Å²) in [5.41, 5.74) is 0.411. The number of nitrogens with zero attached hydrogens (tertiary/aromatic N) is 2. The van der Waals surface area contributed by atoms with Crippen LogP contribution < -0.4 is 15.5 Å². The van der Waals surface area contributed by atoms with Crippen LogP contribution in [-0.4, -0.2) is 42.4 Å². The van der Waals surface area contributed by atoms with E-state index in [4.69, 9.17) is 5.11 Å². The van der Waals surface area contributed by atoms with Crippen LogP contribution in [0.5, 0.6) is 0 Å². The van der Waals surface area contributed by atoms with Gasteiger partial charge in [-0.2, -0.15) is 0 Å². The summed E-state index contributed by atoms with van der Waals surface area (Å²) in [7, 11) is 3.85. The molecule has 1 atom stereocenters. The number of carbonyl (C=O) groups is 1. The van der Waals surface area contributed by atoms with Crippen molar-refractivity contribution in [1.29, 1.82) is 0 Å². The Bertz CT molecular complexity index is 465. The summed E-state index contributed by atoms with van der Waals surface area (Å²) in [4.78, 5) is 18.3. The quantitative estimate of drug-likeness (QED) is 0.712. The molecular weight excluding hydrogens is 268 g/mol. The number of aliphatic hydroxyl groups is 1. The summed E-state index contributed by atoms with van der Waals surface area (Å²) in [6.07, 6.45) is 1.29. The van der Waals surface area contributed by atoms with E-state index in [1.54, 1.807) is 0 Å². The average molecular weight is 294 g/mol. The fraction of sp³-hybridized carbons (Fsp3) is 0.600. The fourth-order valence-corrected chi connectivity index (χ4v) is 1.88. The van der Waals surface area contributed by atoms with Gasteiger partial charge >= 0.3 is 6.03 Å². The minimum atomic E-state index is -0.391. The molecular formula is C15H26N4O2. The zero-order chi connectivity index (χ0) is 15.9. The molecule has 0 spiro atoms. The van der Waals surface area contributed by atoms with Gasteiger partial charge in [0.15, 0.2) is 0 Å². The van der Waals surface area contributed by atoms with Gasteiger partial charge in [-0.15, -0.1) is 0 Å². The molecule has 0 saturated heterocycles. The third-order valence-electron chi connectivity index (χ3n) is 3.54. The first-order valence-corrected chi connectivity index (χ1v) is 7.20. The Hall–Kier alpha value is -1.82. The van der Waals surface area contributed by atoms with Crippen LogP contribution in [0.1, 0.15) is 32.4 Å². The summed E-state index contributed by atoms with van der Waals surface area (Å²) < 4.78 is 0. The summed E-state index contributed by atoms with van der Waals surface area (Å²) in [5.74, 6) is 0.855. The number of urea groups is 1. The maximum atomic E-state index is 11.9. The normalized spacial score (nSPS) is 13.4. The van der Waals surface area contributed by atoms with Crippen molar-refractivity contribution in [3.05, 3.63) is 23.9 Å². The summed E-state index contributed by atoms with van der Waals surface area (Å²) in [6, 6.07) is 5.46. The molecule has 6 nitrogen and oxygen atoms in total. The monoisotopic (exact) mass is 294 g/mol. The second-order valence-corrected chi connectivity index (χ2v) is 5.58. The predicted molar refractivity (Wildman–Crippen MR) is 84.3 cm³/mol. The van der Waals surface area contributed by atoms with Gasteiger partial charge in [0.1, 0.15) is 5.82 Å². The zero-order valence-electron chi connectivity index (χ0n) is 13.3. The number of amides is 2. The van der Waals surface area contributed by atoms with E-state index in [0.717, 1.165) is 17.9 Å². The summed E-state index contributed by atoms with van der Waals surface area (Å²) >= 11 is 0. The molecule has 0 bridgehead atoms. The smallest absolute Gasteiger partial charge is 0.315 e. The lowest BCUT2D eigenvalue weighted by Gasteiger charge is -2.29. The highest BCUT2D eigenvalue weighted by Gasteiger charge is 2.23. The van der Waals surface area contributed by atoms with Crippen molar-refractivity contribution in [2.24, 2.45) is 0 Å². The minimum absolute atomic E-state index is 0.0526. The van der Waals surface area contributed by atoms with E-state index in [0.29, 0.717) is 13.0 Å². The van der Waals surface area contributed by atoms with Crippen molar-refractivity contribution in [2.45, 2.75) is 38.8 Å². The Morgan fingerprint density at radius 2 is 2.14 bits per heavy atom. The van der Waals surface area contributed by atoms with Gasteiger partial charge in [0, 0.05) is 26.2 Å². The van der Waals surface area contributed by atoms with E-state index in [1.807, 2.05) is 51.0 Å². The van der Waals surface area contributed by atoms with Crippen LogP contribution in [0.4, 0.5) is 10.6 Å². The van der Waals surface area contributed by atoms with Gasteiger partial charge in [0.2, 0.25) is 0 Å². The van der Waals surface area contributed by atoms with Crippen LogP contribution in [0, 0.1) is 0 Å². The standard InChI is InChI=1S/C15H26N4O2/c1-5-15(2,9-10-20)18-14(21)16-11-12-7-6-8-13(17-12)19(3)4/h6-8,20H,5,9-11H2,1-4H3,(H2,16,18,21). The maximum Gasteiger partial charge on any atom is 0.315 e. The number of carbonyl (C=O) groups excluding carboxylic acids is 1. The number of rotatable bonds is 7. The third-order valence-corrected chi connectivity index (χ3v) is 3.54. The third kappa shape index (κ3) is 5.59. The molecule has 1 rings (SSSR count). The second kappa shape index (κ2) is 7.83. The molecule has 0 saturated carbocycles. The van der Waals surface area contributed by atoms with Crippen LogP contribution in [0.3, 0.4) is 0 Å². The highest BCUT2D eigenvalue weighted by atomic mass is 16.3. The molecule has 1 heterocycles. The lowest BCUT2D eigenvalue weighted by Crippen LogP contribution is -2.50. The number of hydrogen-bond donors (Lipinski definition) is 3. The molecule has 1 aromatic heterocycles. The number of anilines is 1. The Kier molecular flexibility index (Phi) is 6.42. The zero-order valence-corrected chi connectivity index (χ0v) is 13.3. The van der Waals surface area contributed by atoms with E-state index in [9.17, 15) is 4.79 Å². The van der Waals surface area contributed by atoms with E-state index >= 15 is 0 Å². The number of aliphatic hydroxyl groups excluding tert-OH is 1. The number of aromatic nitrogens is 1. The first-order valence-electron chi connectivity index (χ1n) is 7.20. The van der Waals surface area contributed by atoms with Crippen molar-refractivity contribution in [2.75, 3.05) is 25.6 Å². The molecule has 0 aliphatic rings. The number of pyridine rings is 1. The lowest BCUT2D eigenvalue weighted by atomic mass is 9.95. The molecule has 1 aromatic rings. The topological polar surface area (TPSA) is 77.5 Å². The molecule has 6 heteroatoms. The Morgan fingerprint density at radius 1 is 1.43 bits per heavy atom. The van der Waals surface area contributed by atoms with E-state index in [1.165, 1.54) is 0 Å². The van der Waals surface area contributed by atoms with Crippen LogP contribution in [0.25, 0.3) is 0 Å². The van der Waals surface area contributed by atoms with Gasteiger partial charge in [0.25, 0.3) is 0 Å². The predicted octanol–water partition coefficient (Wildman–Crippen LogP) is 1.50. The van der Waals surface area contributed by atoms with Crippen molar-refractivity contribution >= 4 is 11.8 Å². The fourth-order valence-electron chi connectivity index (χ4n) is 1.88. The molecule has 0 radical (unpaired) electrons. The second-order valence-electron chi connectivity index (χ2n) is 5.58. The van der Waals surface area contributed by atoms with Crippen LogP contribution in [-0.2, 0) is 6.54 Å². The molecule has 118 valence electrons. The highest BCUT2D eigenvalue weighted by molar-refractivity contribution is 5.74. The van der Waals surface area contributed by atoms with E-state index in [2.05, 4.69) is 15.6 Å². The molecule has 0 fully saturated rings. The van der Waals surface area contributed by atoms with Gasteiger partial charge < -0.3 is 20.6 Å².